The van der Waals surface area contributed by atoms with Crippen LogP contribution in [0, 0.1) is 11.8 Å². The molecule has 0 unspecified atom stereocenters. The molecule has 1 rings (SSSR count). The van der Waals surface area contributed by atoms with Crippen molar-refractivity contribution in [1.82, 2.24) is 15.4 Å². The number of benzene rings is 1. The van der Waals surface area contributed by atoms with Crippen LogP contribution in [0.2, 0.25) is 0 Å². The number of nitrogens with one attached hydrogen (secondary N) is 1. The van der Waals surface area contributed by atoms with Gasteiger partial charge in [0.15, 0.2) is 0 Å². The van der Waals surface area contributed by atoms with Crippen molar-refractivity contribution in [2.75, 3.05) is 26.7 Å². The lowest BCUT2D eigenvalue weighted by Gasteiger charge is -2.27. The molecule has 1 aromatic rings. The monoisotopic (exact) mass is 362 g/mol. The first-order valence-corrected chi connectivity index (χ1v) is 8.96. The van der Waals surface area contributed by atoms with E-state index in [1.165, 1.54) is 0 Å². The Labute approximate surface area is 156 Å². The lowest BCUT2D eigenvalue weighted by molar-refractivity contribution is -0.135. The Hall–Kier alpha value is -1.90. The van der Waals surface area contributed by atoms with Gasteiger partial charge in [0.25, 0.3) is 5.91 Å². The molecule has 0 aliphatic carbocycles. The Morgan fingerprint density at radius 1 is 1.19 bits per heavy atom. The van der Waals surface area contributed by atoms with Crippen molar-refractivity contribution in [2.45, 2.75) is 27.7 Å². The third-order valence-electron chi connectivity index (χ3n) is 3.65. The van der Waals surface area contributed by atoms with Crippen molar-refractivity contribution in [3.05, 3.63) is 29.8 Å². The van der Waals surface area contributed by atoms with E-state index >= 15 is 0 Å². The third kappa shape index (κ3) is 7.55. The molecule has 1 amide bonds. The number of carbonyl (C=O) groups is 1. The fraction of sp³-hybridized carbons (Fsp3) is 0.556. The molecular formula is C18H31BN4O3. The van der Waals surface area contributed by atoms with Gasteiger partial charge in [0, 0.05) is 20.1 Å². The van der Waals surface area contributed by atoms with Gasteiger partial charge in [-0.2, -0.15) is 5.10 Å². The maximum atomic E-state index is 12.6. The van der Waals surface area contributed by atoms with E-state index in [2.05, 4.69) is 38.2 Å². The van der Waals surface area contributed by atoms with Gasteiger partial charge < -0.3 is 10.0 Å². The zero-order valence-corrected chi connectivity index (χ0v) is 16.4. The Kier molecular flexibility index (Phi) is 9.33. The van der Waals surface area contributed by atoms with E-state index in [0.29, 0.717) is 36.0 Å². The molecule has 0 bridgehead atoms. The van der Waals surface area contributed by atoms with E-state index in [0.717, 1.165) is 0 Å². The molecular weight excluding hydrogens is 331 g/mol. The van der Waals surface area contributed by atoms with Crippen LogP contribution in [0.5, 0.6) is 0 Å². The molecule has 0 saturated carbocycles. The van der Waals surface area contributed by atoms with Gasteiger partial charge in [0.05, 0.1) is 6.21 Å². The summed E-state index contributed by atoms with van der Waals surface area (Å²) in [5.41, 5.74) is 3.92. The van der Waals surface area contributed by atoms with Gasteiger partial charge in [-0.15, -0.1) is 0 Å². The second-order valence-corrected chi connectivity index (χ2v) is 7.11. The van der Waals surface area contributed by atoms with Gasteiger partial charge in [-0.05, 0) is 22.9 Å². The number of amides is 1. The van der Waals surface area contributed by atoms with Crippen LogP contribution in [0.4, 0.5) is 0 Å². The summed E-state index contributed by atoms with van der Waals surface area (Å²) in [6.45, 7) is 9.60. The summed E-state index contributed by atoms with van der Waals surface area (Å²) in [7, 11) is 0.165. The van der Waals surface area contributed by atoms with Crippen LogP contribution in [0.15, 0.2) is 29.4 Å². The maximum Gasteiger partial charge on any atom is 0.489 e. The van der Waals surface area contributed by atoms with Gasteiger partial charge in [0.2, 0.25) is 0 Å². The minimum absolute atomic E-state index is 0.0607. The predicted molar refractivity (Wildman–Crippen MR) is 106 cm³/mol. The van der Waals surface area contributed by atoms with Crippen molar-refractivity contribution >= 4 is 24.7 Å². The van der Waals surface area contributed by atoms with Crippen LogP contribution in [0.1, 0.15) is 33.3 Å². The van der Waals surface area contributed by atoms with E-state index in [1.807, 2.05) is 0 Å². The minimum Gasteiger partial charge on any atom is -0.423 e. The second-order valence-electron chi connectivity index (χ2n) is 7.11. The molecule has 0 atom stereocenters. The van der Waals surface area contributed by atoms with Gasteiger partial charge in [-0.3, -0.25) is 14.8 Å². The second kappa shape index (κ2) is 11.0. The van der Waals surface area contributed by atoms with Crippen LogP contribution >= 0.6 is 0 Å². The topological polar surface area (TPSA) is 88.4 Å². The summed E-state index contributed by atoms with van der Waals surface area (Å²) in [5.74, 6) is 0.618. The number of hydrazone groups is 1. The van der Waals surface area contributed by atoms with Crippen LogP contribution in [0.3, 0.4) is 0 Å². The fourth-order valence-electron chi connectivity index (χ4n) is 2.51. The molecule has 0 fully saturated rings. The van der Waals surface area contributed by atoms with Crippen molar-refractivity contribution in [2.24, 2.45) is 16.9 Å². The number of hydrogen-bond donors (Lipinski definition) is 3. The largest absolute Gasteiger partial charge is 0.489 e. The maximum absolute atomic E-state index is 12.6. The Morgan fingerprint density at radius 2 is 1.81 bits per heavy atom. The molecule has 0 spiro atoms. The zero-order valence-electron chi connectivity index (χ0n) is 16.4. The Balaban J connectivity index is 2.92. The van der Waals surface area contributed by atoms with Gasteiger partial charge in [-0.1, -0.05) is 52.0 Å². The Morgan fingerprint density at radius 3 is 2.35 bits per heavy atom. The van der Waals surface area contributed by atoms with Gasteiger partial charge in [-0.25, -0.2) is 5.43 Å². The van der Waals surface area contributed by atoms with Crippen LogP contribution in [-0.2, 0) is 4.79 Å². The molecule has 144 valence electrons. The van der Waals surface area contributed by atoms with E-state index in [1.54, 1.807) is 47.5 Å². The molecule has 1 aromatic carbocycles. The van der Waals surface area contributed by atoms with Crippen LogP contribution < -0.4 is 10.9 Å². The lowest BCUT2D eigenvalue weighted by Crippen LogP contribution is -2.47. The molecule has 3 N–H and O–H groups in total. The first kappa shape index (κ1) is 22.1. The average molecular weight is 362 g/mol. The van der Waals surface area contributed by atoms with Gasteiger partial charge >= 0.3 is 7.12 Å². The first-order valence-electron chi connectivity index (χ1n) is 8.96. The molecule has 0 aromatic heterocycles. The predicted octanol–water partition coefficient (Wildman–Crippen LogP) is 0.277. The van der Waals surface area contributed by atoms with E-state index in [-0.39, 0.29) is 12.5 Å². The summed E-state index contributed by atoms with van der Waals surface area (Å²) in [6.07, 6.45) is 1.57. The van der Waals surface area contributed by atoms with Crippen LogP contribution in [0.25, 0.3) is 0 Å². The number of carbonyl (C=O) groups excluding carboxylic acids is 1. The quantitative estimate of drug-likeness (QED) is 0.316. The molecule has 0 saturated heterocycles. The summed E-state index contributed by atoms with van der Waals surface area (Å²) in [4.78, 5) is 12.6. The number of hydrogen-bond acceptors (Lipinski definition) is 6. The van der Waals surface area contributed by atoms with E-state index in [9.17, 15) is 14.8 Å². The Bertz CT molecular complexity index is 594. The molecule has 8 heteroatoms. The van der Waals surface area contributed by atoms with Crippen molar-refractivity contribution < 1.29 is 14.8 Å². The molecule has 26 heavy (non-hydrogen) atoms. The summed E-state index contributed by atoms with van der Waals surface area (Å²) in [5, 5.41) is 26.6. The summed E-state index contributed by atoms with van der Waals surface area (Å²) in [6, 6.07) is 6.93. The van der Waals surface area contributed by atoms with Crippen molar-refractivity contribution in [3.63, 3.8) is 0 Å². The molecule has 0 aliphatic rings. The van der Waals surface area contributed by atoms with E-state index in [4.69, 9.17) is 0 Å². The number of hydrazine groups is 1. The number of rotatable bonds is 10. The smallest absolute Gasteiger partial charge is 0.423 e. The summed E-state index contributed by atoms with van der Waals surface area (Å²) < 4.78 is 0. The molecule has 0 heterocycles. The molecule has 7 nitrogen and oxygen atoms in total. The van der Waals surface area contributed by atoms with Crippen LogP contribution in [-0.4, -0.2) is 66.0 Å². The normalized spacial score (nSPS) is 11.4. The highest BCUT2D eigenvalue weighted by Gasteiger charge is 2.18. The molecule has 0 radical (unpaired) electrons. The minimum atomic E-state index is -1.57. The van der Waals surface area contributed by atoms with Gasteiger partial charge in [0.1, 0.15) is 6.54 Å². The highest BCUT2D eigenvalue weighted by Crippen LogP contribution is 2.03. The van der Waals surface area contributed by atoms with Crippen molar-refractivity contribution in [1.29, 1.82) is 0 Å². The third-order valence-corrected chi connectivity index (χ3v) is 3.65. The standard InChI is InChI=1S/C18H31BN4O3/c1-14(2)11-22(13-18(24)23(20-5)12-15(3)4)21-10-16-8-6-7-9-17(16)19(25)26/h6-10,14-15,20,25-26H,11-13H2,1-5H3/b21-10+. The fourth-order valence-corrected chi connectivity index (χ4v) is 2.51. The number of nitrogens with zero attached hydrogens (tertiary/aromatic N) is 3. The SMILES string of the molecule is CNN(CC(C)C)C(=O)CN(CC(C)C)/N=C/c1ccccc1B(O)O. The average Bonchev–Trinajstić information content (AvgIpc) is 2.56. The first-order chi connectivity index (χ1) is 12.2. The summed E-state index contributed by atoms with van der Waals surface area (Å²) >= 11 is 0. The zero-order chi connectivity index (χ0) is 19.7. The van der Waals surface area contributed by atoms with E-state index < -0.39 is 7.12 Å². The van der Waals surface area contributed by atoms with Crippen molar-refractivity contribution in [3.8, 4) is 0 Å². The highest BCUT2D eigenvalue weighted by atomic mass is 16.4. The highest BCUT2D eigenvalue weighted by molar-refractivity contribution is 6.60. The lowest BCUT2D eigenvalue weighted by atomic mass is 9.77. The molecule has 0 aliphatic heterocycles.